The monoisotopic (exact) mass is 227 g/mol. The van der Waals surface area contributed by atoms with Gasteiger partial charge in [-0.25, -0.2) is 0 Å². The first-order valence-electron chi connectivity index (χ1n) is 6.40. The molecule has 4 nitrogen and oxygen atoms in total. The maximum atomic E-state index is 11.2. The molecule has 1 saturated heterocycles. The third-order valence-corrected chi connectivity index (χ3v) is 3.37. The Morgan fingerprint density at radius 2 is 2.06 bits per heavy atom. The lowest BCUT2D eigenvalue weighted by Crippen LogP contribution is -2.36. The molecule has 0 unspecified atom stereocenters. The zero-order chi connectivity index (χ0) is 11.8. The second-order valence-corrected chi connectivity index (χ2v) is 4.55. The smallest absolute Gasteiger partial charge is 0.233 e. The van der Waals surface area contributed by atoms with E-state index in [0.29, 0.717) is 6.54 Å². The fourth-order valence-electron chi connectivity index (χ4n) is 2.23. The third kappa shape index (κ3) is 4.94. The molecule has 0 aromatic carbocycles. The predicted molar refractivity (Wildman–Crippen MR) is 66.4 cm³/mol. The number of likely N-dealkylation sites (N-methyl/N-ethyl adjacent to an activating group) is 1. The van der Waals surface area contributed by atoms with Crippen molar-refractivity contribution in [2.75, 3.05) is 39.8 Å². The van der Waals surface area contributed by atoms with Gasteiger partial charge in [0.25, 0.3) is 0 Å². The summed E-state index contributed by atoms with van der Waals surface area (Å²) < 4.78 is 0. The number of carbonyl (C=O) groups is 1. The van der Waals surface area contributed by atoms with E-state index < -0.39 is 0 Å². The van der Waals surface area contributed by atoms with Crippen LogP contribution in [-0.2, 0) is 4.79 Å². The van der Waals surface area contributed by atoms with Crippen molar-refractivity contribution in [3.63, 3.8) is 0 Å². The molecular formula is C12H25N3O. The normalized spacial score (nSPS) is 18.6. The summed E-state index contributed by atoms with van der Waals surface area (Å²) in [5.41, 5.74) is 0. The number of carbonyl (C=O) groups excluding carboxylic acids is 1. The Kier molecular flexibility index (Phi) is 6.42. The van der Waals surface area contributed by atoms with Gasteiger partial charge in [0.15, 0.2) is 0 Å². The quantitative estimate of drug-likeness (QED) is 0.692. The fourth-order valence-corrected chi connectivity index (χ4v) is 2.23. The lowest BCUT2D eigenvalue weighted by atomic mass is 9.93. The summed E-state index contributed by atoms with van der Waals surface area (Å²) in [5.74, 6) is 0.908. The van der Waals surface area contributed by atoms with Gasteiger partial charge in [-0.1, -0.05) is 6.92 Å². The molecule has 1 aliphatic rings. The van der Waals surface area contributed by atoms with Crippen LogP contribution in [0.1, 0.15) is 26.2 Å². The van der Waals surface area contributed by atoms with Gasteiger partial charge in [-0.05, 0) is 51.9 Å². The number of piperidine rings is 1. The summed E-state index contributed by atoms with van der Waals surface area (Å²) in [4.78, 5) is 13.7. The van der Waals surface area contributed by atoms with Crippen LogP contribution in [0.25, 0.3) is 0 Å². The first-order valence-corrected chi connectivity index (χ1v) is 6.40. The van der Waals surface area contributed by atoms with E-state index in [1.54, 1.807) is 7.05 Å². The number of likely N-dealkylation sites (tertiary alicyclic amines) is 1. The van der Waals surface area contributed by atoms with Gasteiger partial charge >= 0.3 is 0 Å². The summed E-state index contributed by atoms with van der Waals surface area (Å²) in [6.45, 7) is 7.10. The molecule has 0 saturated carbocycles. The predicted octanol–water partition coefficient (Wildman–Crippen LogP) is 0.444. The number of nitrogens with one attached hydrogen (secondary N) is 2. The lowest BCUT2D eigenvalue weighted by Gasteiger charge is -2.31. The first-order chi connectivity index (χ1) is 7.76. The van der Waals surface area contributed by atoms with Crippen LogP contribution in [0.3, 0.4) is 0 Å². The van der Waals surface area contributed by atoms with E-state index in [-0.39, 0.29) is 5.91 Å². The molecule has 1 heterocycles. The number of rotatable bonds is 6. The van der Waals surface area contributed by atoms with E-state index in [1.165, 1.54) is 32.5 Å². The van der Waals surface area contributed by atoms with Crippen LogP contribution < -0.4 is 10.6 Å². The van der Waals surface area contributed by atoms with Gasteiger partial charge < -0.3 is 15.5 Å². The molecule has 0 radical (unpaired) electrons. The van der Waals surface area contributed by atoms with Crippen LogP contribution in [-0.4, -0.2) is 50.6 Å². The van der Waals surface area contributed by atoms with Crippen molar-refractivity contribution in [2.24, 2.45) is 5.92 Å². The minimum atomic E-state index is 0.105. The van der Waals surface area contributed by atoms with Crippen LogP contribution in [0.5, 0.6) is 0 Å². The summed E-state index contributed by atoms with van der Waals surface area (Å²) in [5, 5.41) is 5.79. The SMILES string of the molecule is CCN1CCC(CCNC(=O)CNC)CC1. The largest absolute Gasteiger partial charge is 0.355 e. The molecule has 0 spiro atoms. The molecule has 94 valence electrons. The van der Waals surface area contributed by atoms with Gasteiger partial charge in [-0.15, -0.1) is 0 Å². The first kappa shape index (κ1) is 13.5. The third-order valence-electron chi connectivity index (χ3n) is 3.37. The summed E-state index contributed by atoms with van der Waals surface area (Å²) >= 11 is 0. The number of hydrogen-bond acceptors (Lipinski definition) is 3. The summed E-state index contributed by atoms with van der Waals surface area (Å²) in [6, 6.07) is 0. The van der Waals surface area contributed by atoms with E-state index in [1.807, 2.05) is 0 Å². The van der Waals surface area contributed by atoms with E-state index in [9.17, 15) is 4.79 Å². The molecule has 0 aliphatic carbocycles. The van der Waals surface area contributed by atoms with E-state index in [4.69, 9.17) is 0 Å². The van der Waals surface area contributed by atoms with Crippen LogP contribution in [0.15, 0.2) is 0 Å². The highest BCUT2D eigenvalue weighted by Crippen LogP contribution is 2.19. The minimum Gasteiger partial charge on any atom is -0.355 e. The maximum absolute atomic E-state index is 11.2. The minimum absolute atomic E-state index is 0.105. The van der Waals surface area contributed by atoms with Gasteiger partial charge in [0, 0.05) is 6.54 Å². The van der Waals surface area contributed by atoms with Crippen molar-refractivity contribution >= 4 is 5.91 Å². The highest BCUT2D eigenvalue weighted by Gasteiger charge is 2.17. The van der Waals surface area contributed by atoms with Crippen molar-refractivity contribution < 1.29 is 4.79 Å². The van der Waals surface area contributed by atoms with Crippen LogP contribution in [0, 0.1) is 5.92 Å². The molecule has 1 amide bonds. The molecule has 2 N–H and O–H groups in total. The van der Waals surface area contributed by atoms with Crippen LogP contribution in [0.4, 0.5) is 0 Å². The van der Waals surface area contributed by atoms with Gasteiger partial charge in [-0.2, -0.15) is 0 Å². The molecule has 4 heteroatoms. The van der Waals surface area contributed by atoms with Crippen LogP contribution >= 0.6 is 0 Å². The molecule has 0 atom stereocenters. The van der Waals surface area contributed by atoms with Gasteiger partial charge in [0.1, 0.15) is 0 Å². The average Bonchev–Trinajstić information content (AvgIpc) is 2.30. The van der Waals surface area contributed by atoms with Gasteiger partial charge in [-0.3, -0.25) is 4.79 Å². The summed E-state index contributed by atoms with van der Waals surface area (Å²) in [6.07, 6.45) is 3.71. The van der Waals surface area contributed by atoms with E-state index in [0.717, 1.165) is 18.9 Å². The van der Waals surface area contributed by atoms with E-state index >= 15 is 0 Å². The summed E-state index contributed by atoms with van der Waals surface area (Å²) in [7, 11) is 1.79. The maximum Gasteiger partial charge on any atom is 0.233 e. The van der Waals surface area contributed by atoms with Crippen molar-refractivity contribution in [3.05, 3.63) is 0 Å². The average molecular weight is 227 g/mol. The Morgan fingerprint density at radius 3 is 2.62 bits per heavy atom. The second kappa shape index (κ2) is 7.63. The number of nitrogens with zero attached hydrogens (tertiary/aromatic N) is 1. The molecule has 0 bridgehead atoms. The van der Waals surface area contributed by atoms with Crippen molar-refractivity contribution in [1.82, 2.24) is 15.5 Å². The molecular weight excluding hydrogens is 202 g/mol. The molecule has 0 aromatic heterocycles. The Morgan fingerprint density at radius 1 is 1.38 bits per heavy atom. The molecule has 1 aliphatic heterocycles. The zero-order valence-electron chi connectivity index (χ0n) is 10.6. The highest BCUT2D eigenvalue weighted by atomic mass is 16.1. The lowest BCUT2D eigenvalue weighted by molar-refractivity contribution is -0.120. The Labute approximate surface area is 98.8 Å². The second-order valence-electron chi connectivity index (χ2n) is 4.55. The zero-order valence-corrected chi connectivity index (χ0v) is 10.6. The standard InChI is InChI=1S/C12H25N3O/c1-3-15-8-5-11(6-9-15)4-7-14-12(16)10-13-2/h11,13H,3-10H2,1-2H3,(H,14,16). The molecule has 1 rings (SSSR count). The van der Waals surface area contributed by atoms with Gasteiger partial charge in [0.2, 0.25) is 5.91 Å². The molecule has 16 heavy (non-hydrogen) atoms. The Balaban J connectivity index is 2.04. The molecule has 0 aromatic rings. The van der Waals surface area contributed by atoms with Gasteiger partial charge in [0.05, 0.1) is 6.54 Å². The van der Waals surface area contributed by atoms with Crippen molar-refractivity contribution in [1.29, 1.82) is 0 Å². The number of amides is 1. The van der Waals surface area contributed by atoms with Crippen molar-refractivity contribution in [3.8, 4) is 0 Å². The highest BCUT2D eigenvalue weighted by molar-refractivity contribution is 5.77. The molecule has 1 fully saturated rings. The topological polar surface area (TPSA) is 44.4 Å². The Bertz CT molecular complexity index is 200. The van der Waals surface area contributed by atoms with Crippen molar-refractivity contribution in [2.45, 2.75) is 26.2 Å². The van der Waals surface area contributed by atoms with E-state index in [2.05, 4.69) is 22.5 Å². The fraction of sp³-hybridized carbons (Fsp3) is 0.917. The van der Waals surface area contributed by atoms with Crippen LogP contribution in [0.2, 0.25) is 0 Å². The Hall–Kier alpha value is -0.610. The number of hydrogen-bond donors (Lipinski definition) is 2.